The first kappa shape index (κ1) is 29.0. The van der Waals surface area contributed by atoms with Crippen molar-refractivity contribution in [2.45, 2.75) is 52.6 Å². The SMILES string of the molecule is CCCCCN(C(=O)NCC)c1nc2cc(-c3cnc(C(C)(C)OC(=O)CN)nc3)cc(-c3ccccn3)c2s1. The number of hydrogen-bond donors (Lipinski definition) is 2. The molecular weight excluding hydrogens is 526 g/mol. The van der Waals surface area contributed by atoms with Crippen molar-refractivity contribution in [2.24, 2.45) is 5.73 Å². The van der Waals surface area contributed by atoms with E-state index in [1.54, 1.807) is 37.3 Å². The highest BCUT2D eigenvalue weighted by Gasteiger charge is 2.28. The van der Waals surface area contributed by atoms with E-state index < -0.39 is 11.6 Å². The monoisotopic (exact) mass is 561 g/mol. The molecule has 1 aromatic carbocycles. The lowest BCUT2D eigenvalue weighted by atomic mass is 10.0. The summed E-state index contributed by atoms with van der Waals surface area (Å²) < 4.78 is 6.35. The number of thiazole rings is 1. The van der Waals surface area contributed by atoms with Gasteiger partial charge in [0.05, 0.1) is 22.5 Å². The van der Waals surface area contributed by atoms with Crippen molar-refractivity contribution in [3.05, 3.63) is 54.7 Å². The number of rotatable bonds is 11. The lowest BCUT2D eigenvalue weighted by Crippen LogP contribution is -2.40. The van der Waals surface area contributed by atoms with E-state index in [2.05, 4.69) is 27.2 Å². The molecule has 40 heavy (non-hydrogen) atoms. The van der Waals surface area contributed by atoms with Crippen LogP contribution < -0.4 is 16.0 Å². The van der Waals surface area contributed by atoms with Crippen molar-refractivity contribution in [1.82, 2.24) is 25.3 Å². The first-order valence-electron chi connectivity index (χ1n) is 13.4. The summed E-state index contributed by atoms with van der Waals surface area (Å²) in [6.45, 7) is 8.39. The van der Waals surface area contributed by atoms with Gasteiger partial charge in [-0.1, -0.05) is 37.2 Å². The number of unbranched alkanes of at least 4 members (excludes halogenated alkanes) is 2. The quantitative estimate of drug-likeness (QED) is 0.186. The first-order valence-corrected chi connectivity index (χ1v) is 14.2. The van der Waals surface area contributed by atoms with E-state index in [9.17, 15) is 9.59 Å². The van der Waals surface area contributed by atoms with Gasteiger partial charge in [0, 0.05) is 42.8 Å². The Morgan fingerprint density at radius 1 is 1.07 bits per heavy atom. The van der Waals surface area contributed by atoms with Crippen molar-refractivity contribution in [3.8, 4) is 22.4 Å². The van der Waals surface area contributed by atoms with Crippen LogP contribution in [-0.2, 0) is 15.1 Å². The Balaban J connectivity index is 1.78. The maximum Gasteiger partial charge on any atom is 0.323 e. The van der Waals surface area contributed by atoms with Gasteiger partial charge in [-0.05, 0) is 57.0 Å². The fraction of sp³-hybridized carbons (Fsp3) is 0.379. The molecule has 10 nitrogen and oxygen atoms in total. The summed E-state index contributed by atoms with van der Waals surface area (Å²) in [5, 5.41) is 3.56. The number of nitrogens with two attached hydrogens (primary N) is 1. The summed E-state index contributed by atoms with van der Waals surface area (Å²) in [5.74, 6) is -0.163. The molecule has 0 aliphatic carbocycles. The summed E-state index contributed by atoms with van der Waals surface area (Å²) in [7, 11) is 0. The standard InChI is InChI=1S/C29H35N7O3S/c1-5-7-10-13-36(27(38)31-6-2)28-35-23-15-19(14-21(25(23)40-28)22-11-8-9-12-32-22)20-17-33-26(34-18-20)29(3,4)39-24(37)16-30/h8-9,11-12,14-15,17-18H,5-7,10,13,16,30H2,1-4H3,(H,31,38). The second kappa shape index (κ2) is 12.9. The highest BCUT2D eigenvalue weighted by molar-refractivity contribution is 7.23. The maximum absolute atomic E-state index is 13.0. The molecule has 0 fully saturated rings. The number of fused-ring (bicyclic) bond motifs is 1. The minimum atomic E-state index is -1.03. The number of carbonyl (C=O) groups excluding carboxylic acids is 2. The average molecular weight is 562 g/mol. The van der Waals surface area contributed by atoms with E-state index in [1.165, 1.54) is 11.3 Å². The zero-order valence-corrected chi connectivity index (χ0v) is 24.1. The van der Waals surface area contributed by atoms with E-state index in [4.69, 9.17) is 15.5 Å². The van der Waals surface area contributed by atoms with Crippen LogP contribution in [0, 0.1) is 0 Å². The van der Waals surface area contributed by atoms with Gasteiger partial charge in [-0.2, -0.15) is 0 Å². The smallest absolute Gasteiger partial charge is 0.323 e. The number of benzene rings is 1. The number of carbonyl (C=O) groups is 2. The topological polar surface area (TPSA) is 136 Å². The summed E-state index contributed by atoms with van der Waals surface area (Å²) in [6.07, 6.45) is 8.13. The molecule has 3 heterocycles. The molecule has 4 rings (SSSR count). The van der Waals surface area contributed by atoms with E-state index in [0.717, 1.165) is 51.9 Å². The molecule has 11 heteroatoms. The molecule has 0 spiro atoms. The Hall–Kier alpha value is -3.96. The summed E-state index contributed by atoms with van der Waals surface area (Å²) in [4.78, 5) is 44.9. The van der Waals surface area contributed by atoms with Gasteiger partial charge in [0.1, 0.15) is 0 Å². The highest BCUT2D eigenvalue weighted by atomic mass is 32.1. The number of nitrogens with one attached hydrogen (secondary N) is 1. The summed E-state index contributed by atoms with van der Waals surface area (Å²) in [6, 6.07) is 9.63. The van der Waals surface area contributed by atoms with Crippen LogP contribution >= 0.6 is 11.3 Å². The number of pyridine rings is 1. The van der Waals surface area contributed by atoms with Crippen molar-refractivity contribution >= 4 is 38.7 Å². The number of ether oxygens (including phenoxy) is 1. The molecular formula is C29H35N7O3S. The molecule has 0 saturated heterocycles. The van der Waals surface area contributed by atoms with Crippen LogP contribution in [0.4, 0.5) is 9.93 Å². The summed E-state index contributed by atoms with van der Waals surface area (Å²) >= 11 is 1.48. The molecule has 3 N–H and O–H groups in total. The number of urea groups is 1. The van der Waals surface area contributed by atoms with Gasteiger partial charge >= 0.3 is 12.0 Å². The van der Waals surface area contributed by atoms with Gasteiger partial charge < -0.3 is 15.8 Å². The third kappa shape index (κ3) is 6.60. The van der Waals surface area contributed by atoms with Crippen LogP contribution in [0.15, 0.2) is 48.9 Å². The lowest BCUT2D eigenvalue weighted by molar-refractivity contribution is -0.156. The van der Waals surface area contributed by atoms with Crippen LogP contribution in [0.3, 0.4) is 0 Å². The number of amides is 2. The number of esters is 1. The lowest BCUT2D eigenvalue weighted by Gasteiger charge is -2.23. The van der Waals surface area contributed by atoms with Crippen LogP contribution in [0.25, 0.3) is 32.6 Å². The van der Waals surface area contributed by atoms with Crippen LogP contribution in [-0.4, -0.2) is 51.6 Å². The normalized spacial score (nSPS) is 11.4. The Morgan fingerprint density at radius 3 is 2.50 bits per heavy atom. The van der Waals surface area contributed by atoms with Crippen molar-refractivity contribution in [1.29, 1.82) is 0 Å². The molecule has 3 aromatic heterocycles. The van der Waals surface area contributed by atoms with E-state index in [-0.39, 0.29) is 12.6 Å². The predicted octanol–water partition coefficient (Wildman–Crippen LogP) is 5.28. The van der Waals surface area contributed by atoms with Crippen molar-refractivity contribution < 1.29 is 14.3 Å². The van der Waals surface area contributed by atoms with Crippen molar-refractivity contribution in [2.75, 3.05) is 24.5 Å². The Morgan fingerprint density at radius 2 is 1.85 bits per heavy atom. The van der Waals surface area contributed by atoms with Gasteiger partial charge in [0.25, 0.3) is 0 Å². The molecule has 0 atom stereocenters. The molecule has 0 unspecified atom stereocenters. The van der Waals surface area contributed by atoms with Crippen LogP contribution in [0.2, 0.25) is 0 Å². The number of nitrogens with zero attached hydrogens (tertiary/aromatic N) is 5. The largest absolute Gasteiger partial charge is 0.450 e. The Labute approximate surface area is 238 Å². The number of aromatic nitrogens is 4. The molecule has 4 aromatic rings. The van der Waals surface area contributed by atoms with E-state index >= 15 is 0 Å². The third-order valence-electron chi connectivity index (χ3n) is 6.27. The first-order chi connectivity index (χ1) is 19.3. The average Bonchev–Trinajstić information content (AvgIpc) is 3.39. The Bertz CT molecular complexity index is 1460. The maximum atomic E-state index is 13.0. The fourth-order valence-corrected chi connectivity index (χ4v) is 5.32. The van der Waals surface area contributed by atoms with Crippen LogP contribution in [0.5, 0.6) is 0 Å². The minimum Gasteiger partial charge on any atom is -0.450 e. The van der Waals surface area contributed by atoms with E-state index in [1.807, 2.05) is 37.3 Å². The highest BCUT2D eigenvalue weighted by Crippen LogP contribution is 2.39. The molecule has 2 amide bonds. The number of hydrogen-bond acceptors (Lipinski definition) is 9. The van der Waals surface area contributed by atoms with Crippen LogP contribution in [0.1, 0.15) is 52.8 Å². The molecule has 0 aliphatic heterocycles. The molecule has 210 valence electrons. The van der Waals surface area contributed by atoms with Gasteiger partial charge in [0.2, 0.25) is 0 Å². The van der Waals surface area contributed by atoms with Gasteiger partial charge in [0.15, 0.2) is 16.6 Å². The van der Waals surface area contributed by atoms with Crippen molar-refractivity contribution in [3.63, 3.8) is 0 Å². The zero-order valence-electron chi connectivity index (χ0n) is 23.3. The molecule has 0 aliphatic rings. The molecule has 0 radical (unpaired) electrons. The van der Waals surface area contributed by atoms with Gasteiger partial charge in [-0.3, -0.25) is 14.7 Å². The Kier molecular flexibility index (Phi) is 9.38. The van der Waals surface area contributed by atoms with Gasteiger partial charge in [-0.15, -0.1) is 0 Å². The summed E-state index contributed by atoms with van der Waals surface area (Å²) in [5.41, 5.74) is 8.44. The predicted molar refractivity (Wildman–Crippen MR) is 158 cm³/mol. The fourth-order valence-electron chi connectivity index (χ4n) is 4.23. The molecule has 0 bridgehead atoms. The second-order valence-electron chi connectivity index (χ2n) is 9.76. The minimum absolute atomic E-state index is 0.154. The second-order valence-corrected chi connectivity index (χ2v) is 10.7. The van der Waals surface area contributed by atoms with E-state index in [0.29, 0.717) is 24.0 Å². The molecule has 0 saturated carbocycles. The third-order valence-corrected chi connectivity index (χ3v) is 7.40. The zero-order chi connectivity index (χ0) is 28.7. The van der Waals surface area contributed by atoms with Gasteiger partial charge in [-0.25, -0.2) is 19.7 Å². The number of anilines is 1.